The molecule has 2 aromatic heterocycles. The largest absolute Gasteiger partial charge is 0.481 e. The normalized spacial score (nSPS) is 10.8. The summed E-state index contributed by atoms with van der Waals surface area (Å²) in [6.45, 7) is 0. The molecule has 1 aromatic carbocycles. The molecule has 0 aliphatic heterocycles. The van der Waals surface area contributed by atoms with Gasteiger partial charge in [0, 0.05) is 0 Å². The Labute approximate surface area is 164 Å². The quantitative estimate of drug-likeness (QED) is 0.557. The number of ether oxygens (including phenoxy) is 2. The highest BCUT2D eigenvalue weighted by Crippen LogP contribution is 2.28. The van der Waals surface area contributed by atoms with Crippen LogP contribution in [-0.4, -0.2) is 48.8 Å². The van der Waals surface area contributed by atoms with Crippen molar-refractivity contribution in [2.75, 3.05) is 19.5 Å². The number of benzene rings is 1. The third-order valence-electron chi connectivity index (χ3n) is 3.22. The van der Waals surface area contributed by atoms with Crippen LogP contribution in [0.1, 0.15) is 0 Å². The molecule has 3 aromatic rings. The van der Waals surface area contributed by atoms with Crippen molar-refractivity contribution >= 4 is 22.3 Å². The standard InChI is InChI=1S/C15H14N6O7S/c1-25-11-7-12(26-2)18-14(17-11)19-15(22)21-29(23,24)28-10-6-4-3-5-9(10)13-20-16-8-27-13/h3-8H,1-2H3,(H2,17,18,19,21,22). The first-order valence-corrected chi connectivity index (χ1v) is 9.17. The van der Waals surface area contributed by atoms with Gasteiger partial charge < -0.3 is 18.1 Å². The molecule has 0 radical (unpaired) electrons. The number of nitrogens with zero attached hydrogens (tertiary/aromatic N) is 4. The number of methoxy groups -OCH3 is 2. The average Bonchev–Trinajstić information content (AvgIpc) is 3.21. The molecule has 0 fully saturated rings. The van der Waals surface area contributed by atoms with Crippen molar-refractivity contribution in [1.82, 2.24) is 24.9 Å². The molecule has 152 valence electrons. The number of carbonyl (C=O) groups is 1. The maximum atomic E-state index is 12.2. The van der Waals surface area contributed by atoms with Crippen LogP contribution in [0.2, 0.25) is 0 Å². The Kier molecular flexibility index (Phi) is 5.73. The van der Waals surface area contributed by atoms with Gasteiger partial charge in [-0.2, -0.15) is 18.4 Å². The van der Waals surface area contributed by atoms with Gasteiger partial charge >= 0.3 is 16.3 Å². The molecule has 29 heavy (non-hydrogen) atoms. The van der Waals surface area contributed by atoms with Crippen LogP contribution in [0, 0.1) is 0 Å². The van der Waals surface area contributed by atoms with Gasteiger partial charge in [-0.25, -0.2) is 9.52 Å². The molecule has 2 amide bonds. The number of hydrogen-bond acceptors (Lipinski definition) is 11. The minimum absolute atomic E-state index is 0.0390. The van der Waals surface area contributed by atoms with Crippen LogP contribution in [0.5, 0.6) is 17.5 Å². The van der Waals surface area contributed by atoms with E-state index >= 15 is 0 Å². The van der Waals surface area contributed by atoms with Crippen LogP contribution in [0.15, 0.2) is 41.1 Å². The van der Waals surface area contributed by atoms with Crippen LogP contribution in [0.4, 0.5) is 10.7 Å². The molecule has 0 aliphatic carbocycles. The van der Waals surface area contributed by atoms with Crippen LogP contribution in [0.3, 0.4) is 0 Å². The smallest absolute Gasteiger partial charge is 0.411 e. The zero-order valence-corrected chi connectivity index (χ0v) is 15.8. The van der Waals surface area contributed by atoms with Crippen molar-refractivity contribution in [2.45, 2.75) is 0 Å². The second kappa shape index (κ2) is 8.39. The van der Waals surface area contributed by atoms with E-state index in [0.717, 1.165) is 6.39 Å². The van der Waals surface area contributed by atoms with E-state index in [2.05, 4.69) is 25.5 Å². The lowest BCUT2D eigenvalue weighted by Gasteiger charge is -2.11. The summed E-state index contributed by atoms with van der Waals surface area (Å²) in [5, 5.41) is 9.36. The van der Waals surface area contributed by atoms with Crippen molar-refractivity contribution in [3.8, 4) is 29.0 Å². The lowest BCUT2D eigenvalue weighted by molar-refractivity contribution is 0.255. The number of amides is 2. The molecular weight excluding hydrogens is 408 g/mol. The molecule has 0 saturated heterocycles. The fourth-order valence-electron chi connectivity index (χ4n) is 2.06. The Bertz CT molecular complexity index is 1080. The van der Waals surface area contributed by atoms with Gasteiger partial charge in [0.1, 0.15) is 0 Å². The summed E-state index contributed by atoms with van der Waals surface area (Å²) < 4.78 is 46.0. The van der Waals surface area contributed by atoms with E-state index in [1.807, 2.05) is 0 Å². The highest BCUT2D eigenvalue weighted by atomic mass is 32.2. The summed E-state index contributed by atoms with van der Waals surface area (Å²) in [6, 6.07) is 6.21. The number of carbonyl (C=O) groups excluding carboxylic acids is 1. The van der Waals surface area contributed by atoms with Crippen LogP contribution < -0.4 is 23.7 Å². The summed E-state index contributed by atoms with van der Waals surface area (Å²) >= 11 is 0. The number of hydrogen-bond donors (Lipinski definition) is 2. The van der Waals surface area contributed by atoms with Gasteiger partial charge in [0.2, 0.25) is 24.1 Å². The molecule has 2 N–H and O–H groups in total. The molecule has 0 spiro atoms. The zero-order valence-electron chi connectivity index (χ0n) is 15.0. The molecule has 13 nitrogen and oxygen atoms in total. The number of aromatic nitrogens is 4. The molecule has 0 saturated carbocycles. The van der Waals surface area contributed by atoms with Crippen molar-refractivity contribution in [3.63, 3.8) is 0 Å². The lowest BCUT2D eigenvalue weighted by Crippen LogP contribution is -2.37. The monoisotopic (exact) mass is 422 g/mol. The summed E-state index contributed by atoms with van der Waals surface area (Å²) in [6.07, 6.45) is 1.08. The summed E-state index contributed by atoms with van der Waals surface area (Å²) in [5.41, 5.74) is 0.219. The van der Waals surface area contributed by atoms with Crippen LogP contribution in [-0.2, 0) is 10.3 Å². The molecule has 0 bridgehead atoms. The molecular formula is C15H14N6O7S. The van der Waals surface area contributed by atoms with E-state index in [0.29, 0.717) is 0 Å². The molecule has 3 rings (SSSR count). The van der Waals surface area contributed by atoms with Crippen LogP contribution in [0.25, 0.3) is 11.5 Å². The minimum Gasteiger partial charge on any atom is -0.481 e. The van der Waals surface area contributed by atoms with Gasteiger partial charge in [-0.15, -0.1) is 10.2 Å². The first kappa shape index (κ1) is 19.8. The Morgan fingerprint density at radius 1 is 1.10 bits per heavy atom. The maximum absolute atomic E-state index is 12.2. The van der Waals surface area contributed by atoms with Crippen molar-refractivity contribution < 1.29 is 31.3 Å². The van der Waals surface area contributed by atoms with E-state index in [1.54, 1.807) is 10.8 Å². The van der Waals surface area contributed by atoms with E-state index < -0.39 is 16.3 Å². The highest BCUT2D eigenvalue weighted by Gasteiger charge is 2.21. The van der Waals surface area contributed by atoms with E-state index in [9.17, 15) is 13.2 Å². The fraction of sp³-hybridized carbons (Fsp3) is 0.133. The highest BCUT2D eigenvalue weighted by molar-refractivity contribution is 7.85. The lowest BCUT2D eigenvalue weighted by atomic mass is 10.2. The predicted molar refractivity (Wildman–Crippen MR) is 96.6 cm³/mol. The predicted octanol–water partition coefficient (Wildman–Crippen LogP) is 0.989. The Morgan fingerprint density at radius 3 is 2.41 bits per heavy atom. The Balaban J connectivity index is 1.73. The minimum atomic E-state index is -4.57. The molecule has 2 heterocycles. The second-order valence-corrected chi connectivity index (χ2v) is 6.39. The number of nitrogens with one attached hydrogen (secondary N) is 2. The van der Waals surface area contributed by atoms with E-state index in [-0.39, 0.29) is 34.9 Å². The topological polar surface area (TPSA) is 168 Å². The van der Waals surface area contributed by atoms with E-state index in [4.69, 9.17) is 18.1 Å². The zero-order chi connectivity index (χ0) is 20.9. The Hall–Kier alpha value is -3.94. The fourth-order valence-corrected chi connectivity index (χ4v) is 2.76. The van der Waals surface area contributed by atoms with Crippen molar-refractivity contribution in [2.24, 2.45) is 0 Å². The summed E-state index contributed by atoms with van der Waals surface area (Å²) in [7, 11) is -1.86. The van der Waals surface area contributed by atoms with Gasteiger partial charge in [-0.05, 0) is 12.1 Å². The number of para-hydroxylation sites is 1. The van der Waals surface area contributed by atoms with Gasteiger partial charge in [0.25, 0.3) is 5.89 Å². The Morgan fingerprint density at radius 2 is 1.79 bits per heavy atom. The second-order valence-electron chi connectivity index (χ2n) is 5.11. The van der Waals surface area contributed by atoms with E-state index in [1.165, 1.54) is 38.5 Å². The average molecular weight is 422 g/mol. The first-order valence-electron chi connectivity index (χ1n) is 7.76. The van der Waals surface area contributed by atoms with Crippen molar-refractivity contribution in [3.05, 3.63) is 36.7 Å². The number of urea groups is 1. The van der Waals surface area contributed by atoms with Gasteiger partial charge in [0.05, 0.1) is 25.8 Å². The van der Waals surface area contributed by atoms with Gasteiger partial charge in [-0.3, -0.25) is 5.32 Å². The molecule has 0 unspecified atom stereocenters. The third kappa shape index (κ3) is 5.07. The van der Waals surface area contributed by atoms with Crippen LogP contribution >= 0.6 is 0 Å². The van der Waals surface area contributed by atoms with Gasteiger partial charge in [-0.1, -0.05) is 12.1 Å². The number of rotatable bonds is 7. The van der Waals surface area contributed by atoms with Crippen molar-refractivity contribution in [1.29, 1.82) is 0 Å². The molecule has 0 aliphatic rings. The maximum Gasteiger partial charge on any atom is 0.411 e. The third-order valence-corrected chi connectivity index (χ3v) is 4.05. The molecule has 0 atom stereocenters. The molecule has 14 heteroatoms. The number of anilines is 1. The first-order chi connectivity index (χ1) is 13.9. The SMILES string of the molecule is COc1cc(OC)nc(NC(=O)NS(=O)(=O)Oc2ccccc2-c2nnco2)n1. The summed E-state index contributed by atoms with van der Waals surface area (Å²) in [5.74, 6) is -0.145. The van der Waals surface area contributed by atoms with Gasteiger partial charge in [0.15, 0.2) is 5.75 Å². The summed E-state index contributed by atoms with van der Waals surface area (Å²) in [4.78, 5) is 19.8.